The average molecular weight is 293 g/mol. The molecule has 6 heteroatoms. The number of anilines is 1. The van der Waals surface area contributed by atoms with E-state index in [2.05, 4.69) is 25.4 Å². The van der Waals surface area contributed by atoms with Gasteiger partial charge in [-0.3, -0.25) is 5.10 Å². The molecule has 21 heavy (non-hydrogen) atoms. The smallest absolute Gasteiger partial charge is 0.244 e. The molecule has 0 amide bonds. The van der Waals surface area contributed by atoms with Crippen LogP contribution in [0.25, 0.3) is 0 Å². The van der Waals surface area contributed by atoms with Crippen LogP contribution in [0.1, 0.15) is 45.4 Å². The van der Waals surface area contributed by atoms with Gasteiger partial charge >= 0.3 is 0 Å². The second kappa shape index (κ2) is 5.93. The maximum atomic E-state index is 9.41. The van der Waals surface area contributed by atoms with E-state index in [0.29, 0.717) is 0 Å². The summed E-state index contributed by atoms with van der Waals surface area (Å²) >= 11 is 0. The van der Waals surface area contributed by atoms with Crippen molar-refractivity contribution in [1.29, 1.82) is 0 Å². The summed E-state index contributed by atoms with van der Waals surface area (Å²) in [5, 5.41) is 20.4. The van der Waals surface area contributed by atoms with Gasteiger partial charge in [-0.25, -0.2) is 0 Å². The van der Waals surface area contributed by atoms with Crippen LogP contribution in [0.15, 0.2) is 0 Å². The number of piperidine rings is 1. The standard InChI is InChI=1S/C15H27N5O/c1-15(2,10-21)13-17-14(19-18-13)20-8-5-11(6-9-20)12-4-3-7-16-12/h11-12,16,21H,3-10H2,1-2H3,(H,17,18,19). The lowest BCUT2D eigenvalue weighted by atomic mass is 9.89. The average Bonchev–Trinajstić information content (AvgIpc) is 3.19. The molecule has 1 aromatic rings. The summed E-state index contributed by atoms with van der Waals surface area (Å²) in [5.74, 6) is 2.35. The van der Waals surface area contributed by atoms with Gasteiger partial charge in [0, 0.05) is 24.5 Å². The molecule has 2 fully saturated rings. The minimum absolute atomic E-state index is 0.0665. The molecule has 6 nitrogen and oxygen atoms in total. The first-order valence-electron chi connectivity index (χ1n) is 8.12. The van der Waals surface area contributed by atoms with Gasteiger partial charge in [0.15, 0.2) is 0 Å². The second-order valence-corrected chi connectivity index (χ2v) is 7.05. The third-order valence-corrected chi connectivity index (χ3v) is 5.00. The summed E-state index contributed by atoms with van der Waals surface area (Å²) < 4.78 is 0. The summed E-state index contributed by atoms with van der Waals surface area (Å²) in [4.78, 5) is 6.85. The van der Waals surface area contributed by atoms with Gasteiger partial charge in [-0.1, -0.05) is 13.8 Å². The van der Waals surface area contributed by atoms with Crippen molar-refractivity contribution >= 4 is 5.95 Å². The fourth-order valence-electron chi connectivity index (χ4n) is 3.39. The molecule has 0 aromatic carbocycles. The Morgan fingerprint density at radius 2 is 2.05 bits per heavy atom. The Hall–Kier alpha value is -1.14. The molecule has 1 atom stereocenters. The van der Waals surface area contributed by atoms with E-state index in [1.54, 1.807) is 0 Å². The van der Waals surface area contributed by atoms with E-state index < -0.39 is 0 Å². The molecule has 0 aliphatic carbocycles. The number of nitrogens with one attached hydrogen (secondary N) is 2. The Labute approximate surface area is 126 Å². The van der Waals surface area contributed by atoms with E-state index in [9.17, 15) is 5.11 Å². The van der Waals surface area contributed by atoms with Crippen molar-refractivity contribution in [1.82, 2.24) is 20.5 Å². The molecular formula is C15H27N5O. The van der Waals surface area contributed by atoms with Crippen molar-refractivity contribution in [3.05, 3.63) is 5.82 Å². The summed E-state index contributed by atoms with van der Waals surface area (Å²) in [6.07, 6.45) is 5.08. The van der Waals surface area contributed by atoms with E-state index in [-0.39, 0.29) is 12.0 Å². The Morgan fingerprint density at radius 1 is 1.29 bits per heavy atom. The highest BCUT2D eigenvalue weighted by molar-refractivity contribution is 5.30. The first kappa shape index (κ1) is 14.8. The van der Waals surface area contributed by atoms with Gasteiger partial charge in [-0.15, -0.1) is 5.10 Å². The predicted octanol–water partition coefficient (Wildman–Crippen LogP) is 1.04. The fourth-order valence-corrected chi connectivity index (χ4v) is 3.39. The van der Waals surface area contributed by atoms with Gasteiger partial charge in [-0.2, -0.15) is 4.98 Å². The number of H-pyrrole nitrogens is 1. The summed E-state index contributed by atoms with van der Waals surface area (Å²) in [6.45, 7) is 7.24. The van der Waals surface area contributed by atoms with E-state index in [4.69, 9.17) is 0 Å². The van der Waals surface area contributed by atoms with E-state index in [1.807, 2.05) is 13.8 Å². The number of rotatable bonds is 4. The Morgan fingerprint density at radius 3 is 2.67 bits per heavy atom. The zero-order chi connectivity index (χ0) is 14.9. The Kier molecular flexibility index (Phi) is 4.17. The summed E-state index contributed by atoms with van der Waals surface area (Å²) in [7, 11) is 0. The minimum atomic E-state index is -0.364. The first-order valence-corrected chi connectivity index (χ1v) is 8.12. The van der Waals surface area contributed by atoms with Crippen LogP contribution in [-0.2, 0) is 5.41 Å². The van der Waals surface area contributed by atoms with E-state index in [1.165, 1.54) is 32.2 Å². The number of aliphatic hydroxyl groups excluding tert-OH is 1. The number of aromatic nitrogens is 3. The van der Waals surface area contributed by atoms with Gasteiger partial charge in [0.25, 0.3) is 0 Å². The second-order valence-electron chi connectivity index (χ2n) is 7.05. The van der Waals surface area contributed by atoms with Crippen LogP contribution < -0.4 is 10.2 Å². The van der Waals surface area contributed by atoms with Crippen LogP contribution in [0.5, 0.6) is 0 Å². The van der Waals surface area contributed by atoms with Crippen LogP contribution >= 0.6 is 0 Å². The monoisotopic (exact) mass is 293 g/mol. The van der Waals surface area contributed by atoms with Crippen molar-refractivity contribution in [2.24, 2.45) is 5.92 Å². The summed E-state index contributed by atoms with van der Waals surface area (Å²) in [6, 6.07) is 0.725. The summed E-state index contributed by atoms with van der Waals surface area (Å²) in [5.41, 5.74) is -0.364. The third kappa shape index (κ3) is 3.06. The molecule has 2 aliphatic rings. The van der Waals surface area contributed by atoms with Gasteiger partial charge < -0.3 is 15.3 Å². The zero-order valence-electron chi connectivity index (χ0n) is 13.1. The molecule has 118 valence electrons. The Bertz CT molecular complexity index is 458. The lowest BCUT2D eigenvalue weighted by molar-refractivity contribution is 0.212. The van der Waals surface area contributed by atoms with Crippen molar-refractivity contribution in [3.63, 3.8) is 0 Å². The largest absolute Gasteiger partial charge is 0.395 e. The number of aliphatic hydroxyl groups is 1. The van der Waals surface area contributed by atoms with Gasteiger partial charge in [0.1, 0.15) is 5.82 Å². The molecule has 0 bridgehead atoms. The van der Waals surface area contributed by atoms with Gasteiger partial charge in [0.05, 0.1) is 6.61 Å². The van der Waals surface area contributed by atoms with Crippen molar-refractivity contribution in [2.45, 2.75) is 51.0 Å². The Balaban J connectivity index is 1.59. The van der Waals surface area contributed by atoms with Crippen LogP contribution in [-0.4, -0.2) is 52.6 Å². The SMILES string of the molecule is CC(C)(CO)c1nc(N2CCC(C3CCCN3)CC2)n[nH]1. The fraction of sp³-hybridized carbons (Fsp3) is 0.867. The van der Waals surface area contributed by atoms with Gasteiger partial charge in [0.2, 0.25) is 5.95 Å². The third-order valence-electron chi connectivity index (χ3n) is 5.00. The molecule has 0 radical (unpaired) electrons. The zero-order valence-corrected chi connectivity index (χ0v) is 13.1. The van der Waals surface area contributed by atoms with Crippen LogP contribution in [0, 0.1) is 5.92 Å². The normalized spacial score (nSPS) is 24.7. The molecule has 2 saturated heterocycles. The molecule has 3 rings (SSSR count). The van der Waals surface area contributed by atoms with Crippen molar-refractivity contribution in [2.75, 3.05) is 31.1 Å². The number of nitrogens with zero attached hydrogens (tertiary/aromatic N) is 3. The highest BCUT2D eigenvalue weighted by Gasteiger charge is 2.30. The van der Waals surface area contributed by atoms with E-state index in [0.717, 1.165) is 36.8 Å². The quantitative estimate of drug-likeness (QED) is 0.773. The molecule has 1 unspecified atom stereocenters. The van der Waals surface area contributed by atoms with Gasteiger partial charge in [-0.05, 0) is 38.1 Å². The van der Waals surface area contributed by atoms with Crippen LogP contribution in [0.3, 0.4) is 0 Å². The maximum absolute atomic E-state index is 9.41. The molecule has 3 heterocycles. The minimum Gasteiger partial charge on any atom is -0.395 e. The van der Waals surface area contributed by atoms with Crippen LogP contribution in [0.4, 0.5) is 5.95 Å². The predicted molar refractivity (Wildman–Crippen MR) is 82.5 cm³/mol. The van der Waals surface area contributed by atoms with Crippen LogP contribution in [0.2, 0.25) is 0 Å². The highest BCUT2D eigenvalue weighted by Crippen LogP contribution is 2.28. The highest BCUT2D eigenvalue weighted by atomic mass is 16.3. The van der Waals surface area contributed by atoms with Crippen molar-refractivity contribution in [3.8, 4) is 0 Å². The molecule has 3 N–H and O–H groups in total. The molecule has 0 spiro atoms. The number of hydrogen-bond donors (Lipinski definition) is 3. The first-order chi connectivity index (χ1) is 10.1. The molecule has 1 aromatic heterocycles. The lowest BCUT2D eigenvalue weighted by Gasteiger charge is -2.34. The molecule has 0 saturated carbocycles. The number of hydrogen-bond acceptors (Lipinski definition) is 5. The lowest BCUT2D eigenvalue weighted by Crippen LogP contribution is -2.41. The topological polar surface area (TPSA) is 77.1 Å². The molecule has 2 aliphatic heterocycles. The number of aromatic amines is 1. The van der Waals surface area contributed by atoms with E-state index >= 15 is 0 Å². The molecular weight excluding hydrogens is 266 g/mol. The van der Waals surface area contributed by atoms with Crippen molar-refractivity contribution < 1.29 is 5.11 Å². The maximum Gasteiger partial charge on any atom is 0.244 e.